The standard InChI is InChI=1S/C11H13NO/c1-3-9-5-4-6-10(7-9)11(13)8-12-2/h1,4-7,11-13H,8H2,2H3. The summed E-state index contributed by atoms with van der Waals surface area (Å²) in [6.45, 7) is 0.536. The van der Waals surface area contributed by atoms with Gasteiger partial charge in [-0.25, -0.2) is 0 Å². The summed E-state index contributed by atoms with van der Waals surface area (Å²) in [6, 6.07) is 7.38. The normalized spacial score (nSPS) is 12.1. The number of aliphatic hydroxyl groups is 1. The quantitative estimate of drug-likeness (QED) is 0.669. The minimum absolute atomic E-state index is 0.488. The molecule has 2 heteroatoms. The van der Waals surface area contributed by atoms with Gasteiger partial charge in [0, 0.05) is 12.1 Å². The van der Waals surface area contributed by atoms with Crippen LogP contribution < -0.4 is 5.32 Å². The van der Waals surface area contributed by atoms with Crippen LogP contribution in [0.1, 0.15) is 17.2 Å². The van der Waals surface area contributed by atoms with Gasteiger partial charge in [-0.1, -0.05) is 18.1 Å². The van der Waals surface area contributed by atoms with E-state index < -0.39 is 6.10 Å². The van der Waals surface area contributed by atoms with E-state index >= 15 is 0 Å². The van der Waals surface area contributed by atoms with Crippen molar-refractivity contribution in [2.75, 3.05) is 13.6 Å². The summed E-state index contributed by atoms with van der Waals surface area (Å²) < 4.78 is 0. The molecule has 0 saturated heterocycles. The Morgan fingerprint density at radius 1 is 1.62 bits per heavy atom. The van der Waals surface area contributed by atoms with Crippen LogP contribution in [0.5, 0.6) is 0 Å². The minimum Gasteiger partial charge on any atom is -0.387 e. The molecule has 0 aliphatic carbocycles. The van der Waals surface area contributed by atoms with Gasteiger partial charge in [-0.3, -0.25) is 0 Å². The molecule has 1 aromatic rings. The van der Waals surface area contributed by atoms with E-state index in [1.165, 1.54) is 0 Å². The van der Waals surface area contributed by atoms with Crippen molar-refractivity contribution < 1.29 is 5.11 Å². The average Bonchev–Trinajstić information content (AvgIpc) is 2.18. The maximum Gasteiger partial charge on any atom is 0.0914 e. The maximum absolute atomic E-state index is 9.61. The molecule has 0 heterocycles. The fourth-order valence-electron chi connectivity index (χ4n) is 1.15. The summed E-state index contributed by atoms with van der Waals surface area (Å²) in [5, 5.41) is 12.5. The van der Waals surface area contributed by atoms with Crippen LogP contribution in [0.3, 0.4) is 0 Å². The smallest absolute Gasteiger partial charge is 0.0914 e. The molecule has 2 nitrogen and oxygen atoms in total. The fraction of sp³-hybridized carbons (Fsp3) is 0.273. The van der Waals surface area contributed by atoms with Crippen molar-refractivity contribution in [1.29, 1.82) is 0 Å². The van der Waals surface area contributed by atoms with Crippen LogP contribution in [0.15, 0.2) is 24.3 Å². The van der Waals surface area contributed by atoms with Crippen LogP contribution in [0.2, 0.25) is 0 Å². The van der Waals surface area contributed by atoms with Gasteiger partial charge in [0.25, 0.3) is 0 Å². The second-order valence-electron chi connectivity index (χ2n) is 2.84. The van der Waals surface area contributed by atoms with E-state index in [4.69, 9.17) is 6.42 Å². The van der Waals surface area contributed by atoms with Crippen molar-refractivity contribution >= 4 is 0 Å². The highest BCUT2D eigenvalue weighted by Gasteiger charge is 2.05. The van der Waals surface area contributed by atoms with Gasteiger partial charge in [0.2, 0.25) is 0 Å². The highest BCUT2D eigenvalue weighted by atomic mass is 16.3. The zero-order valence-electron chi connectivity index (χ0n) is 7.62. The van der Waals surface area contributed by atoms with Crippen LogP contribution >= 0.6 is 0 Å². The summed E-state index contributed by atoms with van der Waals surface area (Å²) in [5.74, 6) is 2.53. The zero-order chi connectivity index (χ0) is 9.68. The molecule has 0 aliphatic heterocycles. The Morgan fingerprint density at radius 2 is 2.38 bits per heavy atom. The summed E-state index contributed by atoms with van der Waals surface area (Å²) >= 11 is 0. The molecule has 0 saturated carbocycles. The lowest BCUT2D eigenvalue weighted by molar-refractivity contribution is 0.178. The number of hydrogen-bond donors (Lipinski definition) is 2. The molecule has 1 aromatic carbocycles. The van der Waals surface area contributed by atoms with Crippen molar-refractivity contribution in [3.63, 3.8) is 0 Å². The molecule has 0 radical (unpaired) electrons. The molecule has 0 fully saturated rings. The lowest BCUT2D eigenvalue weighted by Gasteiger charge is -2.09. The van der Waals surface area contributed by atoms with E-state index in [9.17, 15) is 5.11 Å². The summed E-state index contributed by atoms with van der Waals surface area (Å²) in [5.41, 5.74) is 1.65. The molecule has 0 bridgehead atoms. The van der Waals surface area contributed by atoms with Crippen molar-refractivity contribution in [3.05, 3.63) is 35.4 Å². The van der Waals surface area contributed by atoms with Gasteiger partial charge < -0.3 is 10.4 Å². The van der Waals surface area contributed by atoms with E-state index in [1.54, 1.807) is 7.05 Å². The van der Waals surface area contributed by atoms with Gasteiger partial charge in [0.15, 0.2) is 0 Å². The molecule has 1 rings (SSSR count). The topological polar surface area (TPSA) is 32.3 Å². The van der Waals surface area contributed by atoms with Gasteiger partial charge in [-0.05, 0) is 24.7 Å². The highest BCUT2D eigenvalue weighted by molar-refractivity contribution is 5.36. The van der Waals surface area contributed by atoms with Gasteiger partial charge in [-0.2, -0.15) is 0 Å². The van der Waals surface area contributed by atoms with E-state index in [2.05, 4.69) is 11.2 Å². The number of rotatable bonds is 3. The van der Waals surface area contributed by atoms with Gasteiger partial charge in [0.1, 0.15) is 0 Å². The second-order valence-corrected chi connectivity index (χ2v) is 2.84. The molecule has 13 heavy (non-hydrogen) atoms. The summed E-state index contributed by atoms with van der Waals surface area (Å²) in [7, 11) is 1.80. The van der Waals surface area contributed by atoms with Crippen molar-refractivity contribution in [2.45, 2.75) is 6.10 Å². The fourth-order valence-corrected chi connectivity index (χ4v) is 1.15. The third kappa shape index (κ3) is 2.59. The third-order valence-corrected chi connectivity index (χ3v) is 1.84. The van der Waals surface area contributed by atoms with Crippen LogP contribution in [0.25, 0.3) is 0 Å². The Labute approximate surface area is 78.6 Å². The first-order valence-corrected chi connectivity index (χ1v) is 4.17. The number of nitrogens with one attached hydrogen (secondary N) is 1. The first-order chi connectivity index (χ1) is 6.27. The summed E-state index contributed by atoms with van der Waals surface area (Å²) in [4.78, 5) is 0. The van der Waals surface area contributed by atoms with E-state index in [-0.39, 0.29) is 0 Å². The van der Waals surface area contributed by atoms with E-state index in [0.29, 0.717) is 6.54 Å². The summed E-state index contributed by atoms with van der Waals surface area (Å²) in [6.07, 6.45) is 4.76. The van der Waals surface area contributed by atoms with Crippen LogP contribution in [0, 0.1) is 12.3 Å². The number of terminal acetylenes is 1. The molecule has 0 amide bonds. The van der Waals surface area contributed by atoms with Crippen molar-refractivity contribution in [1.82, 2.24) is 5.32 Å². The van der Waals surface area contributed by atoms with Crippen LogP contribution in [0.4, 0.5) is 0 Å². The first kappa shape index (κ1) is 9.79. The Kier molecular flexibility index (Phi) is 3.51. The van der Waals surface area contributed by atoms with Crippen LogP contribution in [-0.2, 0) is 0 Å². The Bertz CT molecular complexity index is 314. The average molecular weight is 175 g/mol. The molecular weight excluding hydrogens is 162 g/mol. The number of aliphatic hydroxyl groups excluding tert-OH is 1. The number of hydrogen-bond acceptors (Lipinski definition) is 2. The molecule has 68 valence electrons. The van der Waals surface area contributed by atoms with Crippen LogP contribution in [-0.4, -0.2) is 18.7 Å². The molecule has 0 aliphatic rings. The van der Waals surface area contributed by atoms with E-state index in [0.717, 1.165) is 11.1 Å². The van der Waals surface area contributed by atoms with Crippen molar-refractivity contribution in [2.24, 2.45) is 0 Å². The molecule has 0 spiro atoms. The second kappa shape index (κ2) is 4.66. The SMILES string of the molecule is C#Cc1cccc(C(O)CNC)c1. The Balaban J connectivity index is 2.83. The largest absolute Gasteiger partial charge is 0.387 e. The van der Waals surface area contributed by atoms with Gasteiger partial charge in [-0.15, -0.1) is 6.42 Å². The highest BCUT2D eigenvalue weighted by Crippen LogP contribution is 2.12. The molecule has 1 atom stereocenters. The Hall–Kier alpha value is -1.30. The number of benzene rings is 1. The van der Waals surface area contributed by atoms with Crippen molar-refractivity contribution in [3.8, 4) is 12.3 Å². The molecular formula is C11H13NO. The molecule has 0 aromatic heterocycles. The predicted molar refractivity (Wildman–Crippen MR) is 53.3 cm³/mol. The van der Waals surface area contributed by atoms with E-state index in [1.807, 2.05) is 24.3 Å². The lowest BCUT2D eigenvalue weighted by Crippen LogP contribution is -2.16. The minimum atomic E-state index is -0.488. The third-order valence-electron chi connectivity index (χ3n) is 1.84. The zero-order valence-corrected chi connectivity index (χ0v) is 7.62. The van der Waals surface area contributed by atoms with Gasteiger partial charge >= 0.3 is 0 Å². The number of likely N-dealkylation sites (N-methyl/N-ethyl adjacent to an activating group) is 1. The predicted octanol–water partition coefficient (Wildman–Crippen LogP) is 0.921. The Morgan fingerprint density at radius 3 is 3.00 bits per heavy atom. The molecule has 2 N–H and O–H groups in total. The molecule has 1 unspecified atom stereocenters. The lowest BCUT2D eigenvalue weighted by atomic mass is 10.1. The monoisotopic (exact) mass is 175 g/mol. The maximum atomic E-state index is 9.61. The van der Waals surface area contributed by atoms with Gasteiger partial charge in [0.05, 0.1) is 6.10 Å². The first-order valence-electron chi connectivity index (χ1n) is 4.17.